The minimum absolute atomic E-state index is 0.162. The van der Waals surface area contributed by atoms with Gasteiger partial charge in [-0.25, -0.2) is 9.79 Å². The summed E-state index contributed by atoms with van der Waals surface area (Å²) in [4.78, 5) is 29.8. The minimum atomic E-state index is -0.359. The number of thioether (sulfide) groups is 1. The predicted molar refractivity (Wildman–Crippen MR) is 141 cm³/mol. The van der Waals surface area contributed by atoms with Crippen LogP contribution < -0.4 is 5.32 Å². The molecule has 1 amide bonds. The van der Waals surface area contributed by atoms with Crippen LogP contribution in [0, 0.1) is 6.92 Å². The smallest absolute Gasteiger partial charge is 0.337 e. The van der Waals surface area contributed by atoms with Crippen molar-refractivity contribution in [2.75, 3.05) is 7.11 Å². The van der Waals surface area contributed by atoms with Crippen molar-refractivity contribution in [3.8, 4) is 0 Å². The van der Waals surface area contributed by atoms with Gasteiger partial charge in [-0.2, -0.15) is 0 Å². The number of carbonyl (C=O) groups is 2. The first kappa shape index (κ1) is 22.7. The molecule has 0 saturated carbocycles. The number of aliphatic imine (C=N–C) groups is 1. The Balaban J connectivity index is 1.47. The Morgan fingerprint density at radius 3 is 2.71 bits per heavy atom. The molecule has 3 aromatic carbocycles. The lowest BCUT2D eigenvalue weighted by molar-refractivity contribution is -0.115. The molecule has 174 valence electrons. The molecule has 0 unspecified atom stereocenters. The zero-order valence-corrected chi connectivity index (χ0v) is 20.1. The summed E-state index contributed by atoms with van der Waals surface area (Å²) in [6.45, 7) is 2.57. The van der Waals surface area contributed by atoms with Crippen molar-refractivity contribution in [3.63, 3.8) is 0 Å². The van der Waals surface area contributed by atoms with E-state index in [9.17, 15) is 9.59 Å². The van der Waals surface area contributed by atoms with Gasteiger partial charge in [0.05, 0.1) is 23.3 Å². The number of esters is 1. The van der Waals surface area contributed by atoms with E-state index in [1.807, 2.05) is 79.9 Å². The lowest BCUT2D eigenvalue weighted by atomic mass is 10.1. The zero-order valence-electron chi connectivity index (χ0n) is 19.3. The van der Waals surface area contributed by atoms with Gasteiger partial charge in [0.25, 0.3) is 5.91 Å². The van der Waals surface area contributed by atoms with Crippen molar-refractivity contribution in [2.45, 2.75) is 13.5 Å². The van der Waals surface area contributed by atoms with E-state index in [4.69, 9.17) is 4.74 Å². The summed E-state index contributed by atoms with van der Waals surface area (Å²) in [5.41, 5.74) is 5.37. The third-order valence-corrected chi connectivity index (χ3v) is 6.71. The van der Waals surface area contributed by atoms with Gasteiger partial charge in [-0.05, 0) is 60.2 Å². The van der Waals surface area contributed by atoms with Gasteiger partial charge in [0.1, 0.15) is 0 Å². The summed E-state index contributed by atoms with van der Waals surface area (Å²) in [6, 6.07) is 23.3. The number of aromatic nitrogens is 1. The summed E-state index contributed by atoms with van der Waals surface area (Å²) in [6.07, 6.45) is 3.94. The van der Waals surface area contributed by atoms with Crippen LogP contribution in [0.25, 0.3) is 17.0 Å². The Morgan fingerprint density at radius 1 is 1.09 bits per heavy atom. The summed E-state index contributed by atoms with van der Waals surface area (Å²) >= 11 is 1.34. The minimum Gasteiger partial charge on any atom is -0.465 e. The molecule has 0 spiro atoms. The number of amides is 1. The molecular weight excluding hydrogens is 458 g/mol. The number of hydrogen-bond donors (Lipinski definition) is 1. The highest BCUT2D eigenvalue weighted by atomic mass is 32.2. The van der Waals surface area contributed by atoms with Crippen LogP contribution in [-0.2, 0) is 16.1 Å². The SMILES string of the molecule is COC(=O)c1cccc(Cn2cc(/C=C3\SC(=Nc4ccccc4C)NC3=O)c3ccccc32)c1. The van der Waals surface area contributed by atoms with Gasteiger partial charge in [-0.3, -0.25) is 4.79 Å². The van der Waals surface area contributed by atoms with Crippen LogP contribution in [0.15, 0.2) is 88.9 Å². The van der Waals surface area contributed by atoms with Gasteiger partial charge in [0, 0.05) is 29.2 Å². The first-order chi connectivity index (χ1) is 17.0. The zero-order chi connectivity index (χ0) is 24.4. The van der Waals surface area contributed by atoms with Gasteiger partial charge in [0.2, 0.25) is 0 Å². The standard InChI is InChI=1S/C28H23N3O3S/c1-18-8-3-5-12-23(18)29-28-30-26(32)25(35-28)15-21-17-31(24-13-6-4-11-22(21)24)16-19-9-7-10-20(14-19)27(33)34-2/h3-15,17H,16H2,1-2H3,(H,29,30,32)/b25-15-. The first-order valence-corrected chi connectivity index (χ1v) is 11.9. The fourth-order valence-electron chi connectivity index (χ4n) is 4.05. The van der Waals surface area contributed by atoms with Crippen molar-refractivity contribution in [1.82, 2.24) is 9.88 Å². The van der Waals surface area contributed by atoms with Crippen LogP contribution in [0.2, 0.25) is 0 Å². The number of nitrogens with one attached hydrogen (secondary N) is 1. The van der Waals surface area contributed by atoms with E-state index in [0.29, 0.717) is 22.2 Å². The largest absolute Gasteiger partial charge is 0.465 e. The second-order valence-electron chi connectivity index (χ2n) is 8.19. The second-order valence-corrected chi connectivity index (χ2v) is 9.22. The van der Waals surface area contributed by atoms with Crippen LogP contribution in [0.1, 0.15) is 27.0 Å². The molecule has 6 nitrogen and oxygen atoms in total. The van der Waals surface area contributed by atoms with Crippen molar-refractivity contribution >= 4 is 51.5 Å². The van der Waals surface area contributed by atoms with Crippen molar-refractivity contribution in [2.24, 2.45) is 4.99 Å². The third-order valence-electron chi connectivity index (χ3n) is 5.80. The number of methoxy groups -OCH3 is 1. The van der Waals surface area contributed by atoms with Crippen LogP contribution in [0.5, 0.6) is 0 Å². The molecule has 1 aliphatic rings. The monoisotopic (exact) mass is 481 g/mol. The topological polar surface area (TPSA) is 72.7 Å². The Labute approximate surface area is 207 Å². The van der Waals surface area contributed by atoms with E-state index in [0.717, 1.165) is 33.3 Å². The molecule has 1 saturated heterocycles. The fraction of sp³-hybridized carbons (Fsp3) is 0.107. The van der Waals surface area contributed by atoms with Gasteiger partial charge < -0.3 is 14.6 Å². The normalized spacial score (nSPS) is 15.7. The number of carbonyl (C=O) groups excluding carboxylic acids is 2. The van der Waals surface area contributed by atoms with Crippen LogP contribution in [0.3, 0.4) is 0 Å². The van der Waals surface area contributed by atoms with Crippen LogP contribution >= 0.6 is 11.8 Å². The average molecular weight is 482 g/mol. The molecule has 35 heavy (non-hydrogen) atoms. The highest BCUT2D eigenvalue weighted by molar-refractivity contribution is 8.18. The number of nitrogens with zero attached hydrogens (tertiary/aromatic N) is 2. The molecule has 0 atom stereocenters. The van der Waals surface area contributed by atoms with E-state index in [-0.39, 0.29) is 11.9 Å². The van der Waals surface area contributed by atoms with Crippen LogP contribution in [-0.4, -0.2) is 28.7 Å². The van der Waals surface area contributed by atoms with Crippen molar-refractivity contribution < 1.29 is 14.3 Å². The highest BCUT2D eigenvalue weighted by Gasteiger charge is 2.24. The first-order valence-electron chi connectivity index (χ1n) is 11.1. The molecule has 2 heterocycles. The number of fused-ring (bicyclic) bond motifs is 1. The van der Waals surface area contributed by atoms with Crippen LogP contribution in [0.4, 0.5) is 5.69 Å². The lowest BCUT2D eigenvalue weighted by Crippen LogP contribution is -2.19. The Morgan fingerprint density at radius 2 is 1.89 bits per heavy atom. The third kappa shape index (κ3) is 4.76. The molecule has 0 bridgehead atoms. The summed E-state index contributed by atoms with van der Waals surface area (Å²) in [5.74, 6) is -0.521. The van der Waals surface area contributed by atoms with Gasteiger partial charge >= 0.3 is 5.97 Å². The molecule has 7 heteroatoms. The summed E-state index contributed by atoms with van der Waals surface area (Å²) in [5, 5.41) is 4.48. The van der Waals surface area contributed by atoms with Gasteiger partial charge in [0.15, 0.2) is 5.17 Å². The number of para-hydroxylation sites is 2. The molecule has 1 aromatic heterocycles. The number of aryl methyl sites for hydroxylation is 1. The number of hydrogen-bond acceptors (Lipinski definition) is 5. The quantitative estimate of drug-likeness (QED) is 0.294. The maximum Gasteiger partial charge on any atom is 0.337 e. The maximum absolute atomic E-state index is 12.7. The second kappa shape index (κ2) is 9.64. The summed E-state index contributed by atoms with van der Waals surface area (Å²) in [7, 11) is 1.38. The summed E-state index contributed by atoms with van der Waals surface area (Å²) < 4.78 is 6.97. The van der Waals surface area contributed by atoms with E-state index in [1.54, 1.807) is 6.07 Å². The number of benzene rings is 3. The fourth-order valence-corrected chi connectivity index (χ4v) is 4.88. The average Bonchev–Trinajstić information content (AvgIpc) is 3.39. The maximum atomic E-state index is 12.7. The molecule has 0 aliphatic carbocycles. The van der Waals surface area contributed by atoms with Crippen molar-refractivity contribution in [1.29, 1.82) is 0 Å². The highest BCUT2D eigenvalue weighted by Crippen LogP contribution is 2.32. The lowest BCUT2D eigenvalue weighted by Gasteiger charge is -2.07. The van der Waals surface area contributed by atoms with Gasteiger partial charge in [-0.15, -0.1) is 0 Å². The molecule has 5 rings (SSSR count). The molecule has 0 radical (unpaired) electrons. The predicted octanol–water partition coefficient (Wildman–Crippen LogP) is 5.68. The number of amidine groups is 1. The van der Waals surface area contributed by atoms with E-state index >= 15 is 0 Å². The molecule has 1 N–H and O–H groups in total. The molecule has 1 fully saturated rings. The molecule has 4 aromatic rings. The number of ether oxygens (including phenoxy) is 1. The molecular formula is C28H23N3O3S. The molecule has 1 aliphatic heterocycles. The Hall–Kier alpha value is -4.10. The number of rotatable bonds is 5. The van der Waals surface area contributed by atoms with E-state index in [1.165, 1.54) is 18.9 Å². The Kier molecular flexibility index (Phi) is 6.25. The Bertz CT molecular complexity index is 1520. The van der Waals surface area contributed by atoms with E-state index in [2.05, 4.69) is 20.9 Å². The van der Waals surface area contributed by atoms with Gasteiger partial charge in [-0.1, -0.05) is 48.5 Å². The van der Waals surface area contributed by atoms with Crippen molar-refractivity contribution in [3.05, 3.63) is 106 Å². The van der Waals surface area contributed by atoms with E-state index < -0.39 is 0 Å².